The van der Waals surface area contributed by atoms with Crippen LogP contribution in [0.15, 0.2) is 24.4 Å². The van der Waals surface area contributed by atoms with E-state index in [0.717, 1.165) is 48.7 Å². The highest BCUT2D eigenvalue weighted by Crippen LogP contribution is 2.33. The molecule has 0 aliphatic carbocycles. The Morgan fingerprint density at radius 3 is 2.33 bits per heavy atom. The molecular weight excluding hydrogens is 421 g/mol. The van der Waals surface area contributed by atoms with Gasteiger partial charge in [0, 0.05) is 27.3 Å². The normalized spacial score (nSPS) is 16.2. The summed E-state index contributed by atoms with van der Waals surface area (Å²) >= 11 is 12.4. The Bertz CT molecular complexity index is 1030. The number of hydrogen-bond donors (Lipinski definition) is 2. The number of aromatic nitrogens is 4. The molecule has 0 bridgehead atoms. The minimum atomic E-state index is -0.134. The maximum Gasteiger partial charge on any atom is 0.225 e. The molecule has 1 aliphatic rings. The van der Waals surface area contributed by atoms with Crippen molar-refractivity contribution in [2.75, 3.05) is 30.8 Å². The number of anilines is 3. The molecule has 0 atom stereocenters. The number of rotatable bonds is 4. The number of fused-ring (bicyclic) bond motifs is 1. The maximum absolute atomic E-state index is 6.19. The largest absolute Gasteiger partial charge is 0.350 e. The topological polar surface area (TPSA) is 70.9 Å². The first-order valence-electron chi connectivity index (χ1n) is 10.1. The van der Waals surface area contributed by atoms with E-state index in [1.54, 1.807) is 12.3 Å². The molecule has 0 spiro atoms. The summed E-state index contributed by atoms with van der Waals surface area (Å²) in [5.74, 6) is 1.32. The van der Waals surface area contributed by atoms with Crippen LogP contribution in [0, 0.1) is 0 Å². The lowest BCUT2D eigenvalue weighted by molar-refractivity contribution is 0.224. The second-order valence-electron chi connectivity index (χ2n) is 8.90. The van der Waals surface area contributed by atoms with Gasteiger partial charge in [-0.2, -0.15) is 4.98 Å². The third-order valence-electron chi connectivity index (χ3n) is 5.09. The van der Waals surface area contributed by atoms with Crippen LogP contribution >= 0.6 is 23.2 Å². The summed E-state index contributed by atoms with van der Waals surface area (Å²) in [7, 11) is 2.16. The summed E-state index contributed by atoms with van der Waals surface area (Å²) in [5.41, 5.74) is 2.23. The fourth-order valence-electron chi connectivity index (χ4n) is 3.73. The van der Waals surface area contributed by atoms with Crippen LogP contribution in [-0.2, 0) is 0 Å². The van der Waals surface area contributed by atoms with Gasteiger partial charge in [0.2, 0.25) is 11.9 Å². The van der Waals surface area contributed by atoms with Crippen LogP contribution in [-0.4, -0.2) is 50.1 Å². The van der Waals surface area contributed by atoms with Crippen LogP contribution in [0.25, 0.3) is 11.2 Å². The monoisotopic (exact) mass is 447 g/mol. The number of nitrogens with zero attached hydrogens (tertiary/aromatic N) is 5. The van der Waals surface area contributed by atoms with Gasteiger partial charge in [-0.3, -0.25) is 4.57 Å². The highest BCUT2D eigenvalue weighted by Gasteiger charge is 2.25. The van der Waals surface area contributed by atoms with Gasteiger partial charge in [-0.15, -0.1) is 0 Å². The highest BCUT2D eigenvalue weighted by molar-refractivity contribution is 6.35. The van der Waals surface area contributed by atoms with Crippen LogP contribution < -0.4 is 10.6 Å². The zero-order valence-electron chi connectivity index (χ0n) is 17.7. The molecule has 1 fully saturated rings. The molecule has 0 unspecified atom stereocenters. The van der Waals surface area contributed by atoms with E-state index >= 15 is 0 Å². The predicted octanol–water partition coefficient (Wildman–Crippen LogP) is 5.35. The van der Waals surface area contributed by atoms with Gasteiger partial charge >= 0.3 is 0 Å². The van der Waals surface area contributed by atoms with Gasteiger partial charge in [0.1, 0.15) is 5.52 Å². The molecule has 3 heterocycles. The van der Waals surface area contributed by atoms with Gasteiger partial charge in [0.15, 0.2) is 5.65 Å². The third-order valence-corrected chi connectivity index (χ3v) is 5.53. The minimum absolute atomic E-state index is 0.134. The van der Waals surface area contributed by atoms with E-state index in [1.165, 1.54) is 0 Å². The molecule has 0 radical (unpaired) electrons. The van der Waals surface area contributed by atoms with Crippen LogP contribution in [0.1, 0.15) is 39.7 Å². The Morgan fingerprint density at radius 2 is 1.70 bits per heavy atom. The molecule has 2 N–H and O–H groups in total. The molecule has 3 aromatic rings. The molecule has 1 saturated heterocycles. The molecule has 1 aliphatic heterocycles. The van der Waals surface area contributed by atoms with E-state index < -0.39 is 0 Å². The molecule has 0 saturated carbocycles. The molecule has 30 heavy (non-hydrogen) atoms. The minimum Gasteiger partial charge on any atom is -0.350 e. The lowest BCUT2D eigenvalue weighted by atomic mass is 10.1. The summed E-state index contributed by atoms with van der Waals surface area (Å²) < 4.78 is 2.20. The fraction of sp³-hybridized carbons (Fsp3) is 0.476. The maximum atomic E-state index is 6.19. The standard InChI is InChI=1S/C21H27Cl2N7/c1-21(2,3)28-19-24-12-17-18(27-19)30(16-5-7-29(4)8-6-16)20(26-17)25-15-10-13(22)9-14(23)11-15/h9-12,16H,5-8H2,1-4H3,(H,25,26)(H,24,27,28). The molecule has 4 rings (SSSR count). The van der Waals surface area contributed by atoms with Crippen molar-refractivity contribution in [1.29, 1.82) is 0 Å². The number of nitrogens with one attached hydrogen (secondary N) is 2. The third kappa shape index (κ3) is 4.79. The lowest BCUT2D eigenvalue weighted by Crippen LogP contribution is -2.32. The smallest absolute Gasteiger partial charge is 0.225 e. The molecule has 2 aromatic heterocycles. The van der Waals surface area contributed by atoms with Gasteiger partial charge in [0.25, 0.3) is 0 Å². The average molecular weight is 448 g/mol. The molecule has 9 heteroatoms. The summed E-state index contributed by atoms with van der Waals surface area (Å²) in [6, 6.07) is 5.68. The van der Waals surface area contributed by atoms with Crippen molar-refractivity contribution in [2.24, 2.45) is 0 Å². The van der Waals surface area contributed by atoms with Crippen molar-refractivity contribution >= 4 is 51.9 Å². The number of halogens is 2. The molecule has 160 valence electrons. The van der Waals surface area contributed by atoms with Crippen molar-refractivity contribution in [1.82, 2.24) is 24.4 Å². The van der Waals surface area contributed by atoms with Crippen molar-refractivity contribution in [3.63, 3.8) is 0 Å². The summed E-state index contributed by atoms with van der Waals surface area (Å²) in [4.78, 5) is 16.4. The van der Waals surface area contributed by atoms with Crippen LogP contribution in [0.3, 0.4) is 0 Å². The number of likely N-dealkylation sites (tertiary alicyclic amines) is 1. The summed E-state index contributed by atoms with van der Waals surface area (Å²) in [5, 5.41) is 7.90. The zero-order valence-corrected chi connectivity index (χ0v) is 19.2. The van der Waals surface area contributed by atoms with Crippen LogP contribution in [0.4, 0.5) is 17.6 Å². The van der Waals surface area contributed by atoms with Crippen molar-refractivity contribution < 1.29 is 0 Å². The fourth-order valence-corrected chi connectivity index (χ4v) is 4.25. The quantitative estimate of drug-likeness (QED) is 0.561. The van der Waals surface area contributed by atoms with Gasteiger partial charge in [-0.05, 0) is 71.9 Å². The van der Waals surface area contributed by atoms with E-state index in [-0.39, 0.29) is 5.54 Å². The Balaban J connectivity index is 1.78. The summed E-state index contributed by atoms with van der Waals surface area (Å²) in [6.07, 6.45) is 3.83. The first-order valence-corrected chi connectivity index (χ1v) is 10.9. The second-order valence-corrected chi connectivity index (χ2v) is 9.77. The van der Waals surface area contributed by atoms with Gasteiger partial charge < -0.3 is 15.5 Å². The Hall–Kier alpha value is -2.09. The molecular formula is C21H27Cl2N7. The van der Waals surface area contributed by atoms with E-state index in [1.807, 2.05) is 12.1 Å². The Morgan fingerprint density at radius 1 is 1.03 bits per heavy atom. The molecule has 0 amide bonds. The van der Waals surface area contributed by atoms with E-state index in [9.17, 15) is 0 Å². The summed E-state index contributed by atoms with van der Waals surface area (Å²) in [6.45, 7) is 8.33. The average Bonchev–Trinajstić information content (AvgIpc) is 2.97. The molecule has 7 nitrogen and oxygen atoms in total. The van der Waals surface area contributed by atoms with Crippen LogP contribution in [0.2, 0.25) is 10.0 Å². The van der Waals surface area contributed by atoms with Crippen molar-refractivity contribution in [2.45, 2.75) is 45.2 Å². The van der Waals surface area contributed by atoms with E-state index in [0.29, 0.717) is 22.0 Å². The SMILES string of the molecule is CN1CCC(n2c(Nc3cc(Cl)cc(Cl)c3)nc3cnc(NC(C)(C)C)nc32)CC1. The van der Waals surface area contributed by atoms with Crippen LogP contribution in [0.5, 0.6) is 0 Å². The highest BCUT2D eigenvalue weighted by atomic mass is 35.5. The second kappa shape index (κ2) is 8.21. The number of imidazole rings is 1. The first kappa shape index (κ1) is 21.2. The zero-order chi connectivity index (χ0) is 21.5. The predicted molar refractivity (Wildman–Crippen MR) is 124 cm³/mol. The van der Waals surface area contributed by atoms with Gasteiger partial charge in [-0.25, -0.2) is 9.97 Å². The number of hydrogen-bond acceptors (Lipinski definition) is 6. The number of benzene rings is 1. The Labute approximate surface area is 186 Å². The van der Waals surface area contributed by atoms with Gasteiger partial charge in [0.05, 0.1) is 6.20 Å². The first-order chi connectivity index (χ1) is 14.2. The van der Waals surface area contributed by atoms with E-state index in [2.05, 4.69) is 52.9 Å². The van der Waals surface area contributed by atoms with Gasteiger partial charge in [-0.1, -0.05) is 23.2 Å². The van der Waals surface area contributed by atoms with Crippen molar-refractivity contribution in [3.05, 3.63) is 34.4 Å². The van der Waals surface area contributed by atoms with E-state index in [4.69, 9.17) is 33.2 Å². The lowest BCUT2D eigenvalue weighted by Gasteiger charge is -2.31. The number of piperidine rings is 1. The molecule has 1 aromatic carbocycles. The Kier molecular flexibility index (Phi) is 5.79. The van der Waals surface area contributed by atoms with Crippen molar-refractivity contribution in [3.8, 4) is 0 Å².